The van der Waals surface area contributed by atoms with Crippen LogP contribution >= 0.6 is 0 Å². The van der Waals surface area contributed by atoms with Gasteiger partial charge in [0.25, 0.3) is 0 Å². The maximum atomic E-state index is 11.9. The molecule has 1 saturated heterocycles. The van der Waals surface area contributed by atoms with E-state index in [4.69, 9.17) is 15.2 Å². The van der Waals surface area contributed by atoms with Gasteiger partial charge < -0.3 is 15.2 Å². The quantitative estimate of drug-likeness (QED) is 0.733. The molecule has 0 aromatic carbocycles. The van der Waals surface area contributed by atoms with Crippen molar-refractivity contribution in [1.29, 1.82) is 0 Å². The lowest BCUT2D eigenvalue weighted by Gasteiger charge is -2.55. The predicted molar refractivity (Wildman–Crippen MR) is 59.8 cm³/mol. The number of ether oxygens (including phenoxy) is 2. The fourth-order valence-electron chi connectivity index (χ4n) is 3.20. The van der Waals surface area contributed by atoms with E-state index in [9.17, 15) is 4.79 Å². The third-order valence-corrected chi connectivity index (χ3v) is 4.08. The van der Waals surface area contributed by atoms with Gasteiger partial charge in [-0.05, 0) is 38.0 Å². The first kappa shape index (κ1) is 11.9. The molecule has 4 heteroatoms. The van der Waals surface area contributed by atoms with Crippen LogP contribution < -0.4 is 5.73 Å². The van der Waals surface area contributed by atoms with Crippen LogP contribution in [0, 0.1) is 10.8 Å². The topological polar surface area (TPSA) is 61.5 Å². The minimum absolute atomic E-state index is 0.102. The van der Waals surface area contributed by atoms with Crippen molar-refractivity contribution in [3.63, 3.8) is 0 Å². The summed E-state index contributed by atoms with van der Waals surface area (Å²) in [4.78, 5) is 11.9. The maximum absolute atomic E-state index is 11.9. The molecule has 1 spiro atoms. The van der Waals surface area contributed by atoms with E-state index < -0.39 is 5.41 Å². The van der Waals surface area contributed by atoms with Crippen LogP contribution in [0.25, 0.3) is 0 Å². The highest BCUT2D eigenvalue weighted by atomic mass is 16.5. The fraction of sp³-hybridized carbons (Fsp3) is 0.917. The summed E-state index contributed by atoms with van der Waals surface area (Å²) in [5, 5.41) is 0. The zero-order valence-electron chi connectivity index (χ0n) is 9.96. The molecule has 1 heterocycles. The largest absolute Gasteiger partial charge is 0.466 e. The van der Waals surface area contributed by atoms with Gasteiger partial charge in [-0.15, -0.1) is 0 Å². The van der Waals surface area contributed by atoms with Gasteiger partial charge in [-0.2, -0.15) is 0 Å². The Morgan fingerprint density at radius 3 is 2.50 bits per heavy atom. The molecule has 2 aliphatic rings. The predicted octanol–water partition coefficient (Wildman–Crippen LogP) is 1.09. The molecule has 0 unspecified atom stereocenters. The molecule has 1 aliphatic heterocycles. The van der Waals surface area contributed by atoms with Crippen LogP contribution in [0.4, 0.5) is 0 Å². The average Bonchev–Trinajstić information content (AvgIpc) is 2.26. The van der Waals surface area contributed by atoms with Crippen LogP contribution in [0.2, 0.25) is 0 Å². The molecule has 1 saturated carbocycles. The minimum Gasteiger partial charge on any atom is -0.466 e. The van der Waals surface area contributed by atoms with Crippen molar-refractivity contribution in [2.24, 2.45) is 16.6 Å². The lowest BCUT2D eigenvalue weighted by Crippen LogP contribution is -2.57. The van der Waals surface area contributed by atoms with Crippen molar-refractivity contribution >= 4 is 5.97 Å². The molecular formula is C12H21NO3. The highest BCUT2D eigenvalue weighted by Crippen LogP contribution is 2.59. The lowest BCUT2D eigenvalue weighted by molar-refractivity contribution is -0.178. The van der Waals surface area contributed by atoms with Crippen molar-refractivity contribution in [3.05, 3.63) is 0 Å². The Morgan fingerprint density at radius 1 is 1.38 bits per heavy atom. The van der Waals surface area contributed by atoms with E-state index in [-0.39, 0.29) is 5.97 Å². The minimum atomic E-state index is -0.395. The van der Waals surface area contributed by atoms with Crippen LogP contribution in [-0.4, -0.2) is 32.3 Å². The molecule has 2 N–H and O–H groups in total. The van der Waals surface area contributed by atoms with E-state index in [1.165, 1.54) is 0 Å². The van der Waals surface area contributed by atoms with Crippen LogP contribution in [0.5, 0.6) is 0 Å². The first-order valence-corrected chi connectivity index (χ1v) is 6.11. The van der Waals surface area contributed by atoms with Crippen molar-refractivity contribution < 1.29 is 14.3 Å². The van der Waals surface area contributed by atoms with Gasteiger partial charge in [-0.3, -0.25) is 4.79 Å². The number of hydrogen-bond acceptors (Lipinski definition) is 4. The van der Waals surface area contributed by atoms with Gasteiger partial charge in [-0.25, -0.2) is 0 Å². The third kappa shape index (κ3) is 1.84. The summed E-state index contributed by atoms with van der Waals surface area (Å²) in [5.41, 5.74) is 5.67. The SMILES string of the molecule is CCOC(=O)C1(CN)CC2(CCOCC2)C1. The fourth-order valence-corrected chi connectivity index (χ4v) is 3.20. The van der Waals surface area contributed by atoms with Gasteiger partial charge in [0, 0.05) is 19.8 Å². The Balaban J connectivity index is 1.98. The Hall–Kier alpha value is -0.610. The Labute approximate surface area is 96.5 Å². The van der Waals surface area contributed by atoms with Crippen LogP contribution in [-0.2, 0) is 14.3 Å². The Morgan fingerprint density at radius 2 is 2.00 bits per heavy atom. The van der Waals surface area contributed by atoms with Crippen molar-refractivity contribution in [3.8, 4) is 0 Å². The molecule has 2 rings (SSSR count). The average molecular weight is 227 g/mol. The highest BCUT2D eigenvalue weighted by molar-refractivity contribution is 5.78. The van der Waals surface area contributed by atoms with E-state index in [0.29, 0.717) is 18.6 Å². The number of carbonyl (C=O) groups is 1. The molecule has 0 atom stereocenters. The summed E-state index contributed by atoms with van der Waals surface area (Å²) in [6.07, 6.45) is 3.90. The molecule has 0 bridgehead atoms. The van der Waals surface area contributed by atoms with Gasteiger partial charge in [0.2, 0.25) is 0 Å². The molecule has 0 aromatic heterocycles. The van der Waals surface area contributed by atoms with E-state index in [1.807, 2.05) is 6.92 Å². The Bertz CT molecular complexity index is 263. The molecule has 16 heavy (non-hydrogen) atoms. The first-order valence-electron chi connectivity index (χ1n) is 6.11. The van der Waals surface area contributed by atoms with Crippen molar-refractivity contribution in [2.45, 2.75) is 32.6 Å². The summed E-state index contributed by atoms with van der Waals surface area (Å²) in [6.45, 7) is 4.34. The number of nitrogens with two attached hydrogens (primary N) is 1. The second-order valence-corrected chi connectivity index (χ2v) is 5.17. The molecule has 0 aromatic rings. The molecule has 92 valence electrons. The number of rotatable bonds is 3. The molecule has 0 radical (unpaired) electrons. The molecule has 1 aliphatic carbocycles. The van der Waals surface area contributed by atoms with Crippen LogP contribution in [0.1, 0.15) is 32.6 Å². The van der Waals surface area contributed by atoms with E-state index in [2.05, 4.69) is 0 Å². The second-order valence-electron chi connectivity index (χ2n) is 5.17. The number of esters is 1. The van der Waals surface area contributed by atoms with Gasteiger partial charge in [-0.1, -0.05) is 0 Å². The van der Waals surface area contributed by atoms with Gasteiger partial charge in [0.05, 0.1) is 12.0 Å². The zero-order chi connectivity index (χ0) is 11.6. The van der Waals surface area contributed by atoms with Gasteiger partial charge >= 0.3 is 5.97 Å². The first-order chi connectivity index (χ1) is 7.66. The van der Waals surface area contributed by atoms with E-state index in [1.54, 1.807) is 0 Å². The summed E-state index contributed by atoms with van der Waals surface area (Å²) in [6, 6.07) is 0. The van der Waals surface area contributed by atoms with Crippen LogP contribution in [0.15, 0.2) is 0 Å². The van der Waals surface area contributed by atoms with Gasteiger partial charge in [0.15, 0.2) is 0 Å². The van der Waals surface area contributed by atoms with Crippen LogP contribution in [0.3, 0.4) is 0 Å². The normalized spacial score (nSPS) is 26.1. The Kier molecular flexibility index (Phi) is 3.22. The van der Waals surface area contributed by atoms with Crippen molar-refractivity contribution in [1.82, 2.24) is 0 Å². The van der Waals surface area contributed by atoms with Gasteiger partial charge in [0.1, 0.15) is 0 Å². The molecule has 2 fully saturated rings. The smallest absolute Gasteiger partial charge is 0.313 e. The standard InChI is InChI=1S/C12H21NO3/c1-2-16-10(14)12(9-13)7-11(8-12)3-5-15-6-4-11/h2-9,13H2,1H3. The summed E-state index contributed by atoms with van der Waals surface area (Å²) in [5.74, 6) is -0.102. The highest BCUT2D eigenvalue weighted by Gasteiger charge is 2.58. The molecular weight excluding hydrogens is 206 g/mol. The van der Waals surface area contributed by atoms with E-state index in [0.717, 1.165) is 38.9 Å². The molecule has 4 nitrogen and oxygen atoms in total. The zero-order valence-corrected chi connectivity index (χ0v) is 9.96. The second kappa shape index (κ2) is 4.34. The van der Waals surface area contributed by atoms with Crippen molar-refractivity contribution in [2.75, 3.05) is 26.4 Å². The lowest BCUT2D eigenvalue weighted by atomic mass is 9.50. The third-order valence-electron chi connectivity index (χ3n) is 4.08. The summed E-state index contributed by atoms with van der Waals surface area (Å²) >= 11 is 0. The monoisotopic (exact) mass is 227 g/mol. The number of carbonyl (C=O) groups excluding carboxylic acids is 1. The summed E-state index contributed by atoms with van der Waals surface area (Å²) in [7, 11) is 0. The number of hydrogen-bond donors (Lipinski definition) is 1. The summed E-state index contributed by atoms with van der Waals surface area (Å²) < 4.78 is 10.5. The molecule has 0 amide bonds. The maximum Gasteiger partial charge on any atom is 0.313 e. The van der Waals surface area contributed by atoms with E-state index >= 15 is 0 Å².